The number of piperidine rings is 1. The number of hydrogen-bond acceptors (Lipinski definition) is 4. The zero-order valence-corrected chi connectivity index (χ0v) is 17.5. The molecular formula is C23H27ClN2O3. The average Bonchev–Trinajstić information content (AvgIpc) is 2.75. The molecule has 2 aliphatic heterocycles. The molecule has 2 heterocycles. The Morgan fingerprint density at radius 3 is 2.48 bits per heavy atom. The second-order valence-electron chi connectivity index (χ2n) is 7.81. The van der Waals surface area contributed by atoms with E-state index in [1.807, 2.05) is 6.92 Å². The highest BCUT2D eigenvalue weighted by Gasteiger charge is 2.27. The van der Waals surface area contributed by atoms with Gasteiger partial charge in [0.05, 0.1) is 16.8 Å². The Bertz CT molecular complexity index is 851. The van der Waals surface area contributed by atoms with Crippen LogP contribution in [0.3, 0.4) is 0 Å². The first kappa shape index (κ1) is 20.0. The molecule has 0 radical (unpaired) electrons. The van der Waals surface area contributed by atoms with Crippen LogP contribution in [0.5, 0.6) is 11.5 Å². The lowest BCUT2D eigenvalue weighted by molar-refractivity contribution is -0.121. The topological polar surface area (TPSA) is 50.8 Å². The molecule has 1 amide bonds. The first-order valence-corrected chi connectivity index (χ1v) is 10.7. The third-order valence-corrected chi connectivity index (χ3v) is 6.15. The van der Waals surface area contributed by atoms with Gasteiger partial charge in [-0.3, -0.25) is 9.69 Å². The number of halogens is 1. The molecule has 6 heteroatoms. The van der Waals surface area contributed by atoms with Crippen LogP contribution in [-0.4, -0.2) is 43.2 Å². The maximum Gasteiger partial charge on any atom is 0.241 e. The molecule has 0 saturated carbocycles. The molecule has 2 aromatic carbocycles. The Kier molecular flexibility index (Phi) is 6.26. The van der Waals surface area contributed by atoms with Gasteiger partial charge in [-0.25, -0.2) is 0 Å². The van der Waals surface area contributed by atoms with Crippen LogP contribution in [0.15, 0.2) is 42.5 Å². The molecule has 1 N–H and O–H groups in total. The number of fused-ring (bicyclic) bond motifs is 1. The fourth-order valence-electron chi connectivity index (χ4n) is 4.05. The summed E-state index contributed by atoms with van der Waals surface area (Å²) in [5.74, 6) is 1.86. The van der Waals surface area contributed by atoms with E-state index in [0.717, 1.165) is 32.4 Å². The smallest absolute Gasteiger partial charge is 0.241 e. The van der Waals surface area contributed by atoms with Crippen LogP contribution in [0, 0.1) is 5.92 Å². The highest BCUT2D eigenvalue weighted by molar-refractivity contribution is 6.34. The summed E-state index contributed by atoms with van der Waals surface area (Å²) in [4.78, 5) is 15.1. The lowest BCUT2D eigenvalue weighted by atomic mass is 9.89. The fraction of sp³-hybridized carbons (Fsp3) is 0.435. The maximum atomic E-state index is 12.8. The minimum atomic E-state index is -0.211. The van der Waals surface area contributed by atoms with E-state index in [1.54, 1.807) is 12.1 Å². The Labute approximate surface area is 176 Å². The standard InChI is InChI=1S/C23H27ClN2O3/c1-16(26-9-7-18(8-10-26)13-17-5-3-2-4-6-17)23(27)25-20-15-22-21(14-19(20)24)28-11-12-29-22/h2-6,14-16,18H,7-13H2,1H3,(H,25,27). The normalized spacial score (nSPS) is 18.3. The SMILES string of the molecule is CC(C(=O)Nc1cc2c(cc1Cl)OCCO2)N1CCC(Cc2ccccc2)CC1. The van der Waals surface area contributed by atoms with Crippen LogP contribution in [0.2, 0.25) is 5.02 Å². The highest BCUT2D eigenvalue weighted by atomic mass is 35.5. The molecule has 0 aromatic heterocycles. The number of likely N-dealkylation sites (tertiary alicyclic amines) is 1. The molecule has 29 heavy (non-hydrogen) atoms. The number of ether oxygens (including phenoxy) is 2. The molecule has 0 aliphatic carbocycles. The predicted octanol–water partition coefficient (Wildman–Crippen LogP) is 4.39. The van der Waals surface area contributed by atoms with Crippen LogP contribution >= 0.6 is 11.6 Å². The molecule has 1 fully saturated rings. The molecule has 1 saturated heterocycles. The molecule has 1 atom stereocenters. The fourth-order valence-corrected chi connectivity index (χ4v) is 4.26. The van der Waals surface area contributed by atoms with Crippen LogP contribution in [0.1, 0.15) is 25.3 Å². The highest BCUT2D eigenvalue weighted by Crippen LogP contribution is 2.38. The summed E-state index contributed by atoms with van der Waals surface area (Å²) < 4.78 is 11.1. The van der Waals surface area contributed by atoms with Crippen molar-refractivity contribution < 1.29 is 14.3 Å². The number of amides is 1. The molecule has 4 rings (SSSR count). The van der Waals surface area contributed by atoms with Crippen molar-refractivity contribution in [3.05, 3.63) is 53.1 Å². The molecule has 0 spiro atoms. The van der Waals surface area contributed by atoms with Gasteiger partial charge in [0.15, 0.2) is 11.5 Å². The summed E-state index contributed by atoms with van der Waals surface area (Å²) in [6, 6.07) is 13.9. The molecular weight excluding hydrogens is 388 g/mol. The van der Waals surface area contributed by atoms with Crippen molar-refractivity contribution in [1.29, 1.82) is 0 Å². The summed E-state index contributed by atoms with van der Waals surface area (Å²) in [7, 11) is 0. The number of nitrogens with one attached hydrogen (secondary N) is 1. The predicted molar refractivity (Wildman–Crippen MR) is 115 cm³/mol. The molecule has 0 bridgehead atoms. The summed E-state index contributed by atoms with van der Waals surface area (Å²) in [5, 5.41) is 3.42. The number of carbonyl (C=O) groups excluding carboxylic acids is 1. The summed E-state index contributed by atoms with van der Waals surface area (Å²) in [6.07, 6.45) is 3.33. The number of nitrogens with zero attached hydrogens (tertiary/aromatic N) is 1. The second-order valence-corrected chi connectivity index (χ2v) is 8.22. The van der Waals surface area contributed by atoms with E-state index < -0.39 is 0 Å². The van der Waals surface area contributed by atoms with Gasteiger partial charge < -0.3 is 14.8 Å². The van der Waals surface area contributed by atoms with E-state index in [9.17, 15) is 4.79 Å². The summed E-state index contributed by atoms with van der Waals surface area (Å²) >= 11 is 6.33. The third-order valence-electron chi connectivity index (χ3n) is 5.83. The molecule has 2 aromatic rings. The number of carbonyl (C=O) groups is 1. The quantitative estimate of drug-likeness (QED) is 0.788. The van der Waals surface area contributed by atoms with Crippen LogP contribution in [0.4, 0.5) is 5.69 Å². The number of rotatable bonds is 5. The van der Waals surface area contributed by atoms with Gasteiger partial charge in [0.2, 0.25) is 5.91 Å². The van der Waals surface area contributed by atoms with Crippen molar-refractivity contribution >= 4 is 23.2 Å². The summed E-state index contributed by atoms with van der Waals surface area (Å²) in [6.45, 7) is 4.82. The van der Waals surface area contributed by atoms with Gasteiger partial charge in [-0.2, -0.15) is 0 Å². The van der Waals surface area contributed by atoms with Crippen LogP contribution in [0.25, 0.3) is 0 Å². The number of hydrogen-bond donors (Lipinski definition) is 1. The van der Waals surface area contributed by atoms with Crippen molar-refractivity contribution in [3.63, 3.8) is 0 Å². The number of anilines is 1. The van der Waals surface area contributed by atoms with Gasteiger partial charge in [0, 0.05) is 12.1 Å². The zero-order valence-electron chi connectivity index (χ0n) is 16.7. The van der Waals surface area contributed by atoms with Crippen molar-refractivity contribution in [1.82, 2.24) is 4.90 Å². The number of benzene rings is 2. The second kappa shape index (κ2) is 9.06. The van der Waals surface area contributed by atoms with Crippen molar-refractivity contribution in [2.45, 2.75) is 32.2 Å². The van der Waals surface area contributed by atoms with Crippen molar-refractivity contribution in [3.8, 4) is 11.5 Å². The molecule has 154 valence electrons. The zero-order chi connectivity index (χ0) is 20.2. The van der Waals surface area contributed by atoms with Gasteiger partial charge in [-0.15, -0.1) is 0 Å². The Hall–Kier alpha value is -2.24. The molecule has 1 unspecified atom stereocenters. The van der Waals surface area contributed by atoms with E-state index in [-0.39, 0.29) is 11.9 Å². The largest absolute Gasteiger partial charge is 0.486 e. The Morgan fingerprint density at radius 2 is 1.79 bits per heavy atom. The molecule has 5 nitrogen and oxygen atoms in total. The van der Waals surface area contributed by atoms with Gasteiger partial charge in [-0.05, 0) is 50.8 Å². The lowest BCUT2D eigenvalue weighted by Crippen LogP contribution is -2.46. The van der Waals surface area contributed by atoms with E-state index in [1.165, 1.54) is 5.56 Å². The van der Waals surface area contributed by atoms with Gasteiger partial charge in [0.25, 0.3) is 0 Å². The van der Waals surface area contributed by atoms with Gasteiger partial charge in [-0.1, -0.05) is 41.9 Å². The first-order valence-electron chi connectivity index (χ1n) is 10.3. The van der Waals surface area contributed by atoms with E-state index in [2.05, 4.69) is 40.5 Å². The Balaban J connectivity index is 1.32. The average molecular weight is 415 g/mol. The van der Waals surface area contributed by atoms with E-state index in [4.69, 9.17) is 21.1 Å². The van der Waals surface area contributed by atoms with Gasteiger partial charge >= 0.3 is 0 Å². The van der Waals surface area contributed by atoms with Crippen molar-refractivity contribution in [2.75, 3.05) is 31.6 Å². The maximum absolute atomic E-state index is 12.8. The van der Waals surface area contributed by atoms with E-state index in [0.29, 0.717) is 41.3 Å². The first-order chi connectivity index (χ1) is 14.1. The van der Waals surface area contributed by atoms with Crippen LogP contribution < -0.4 is 14.8 Å². The Morgan fingerprint density at radius 1 is 1.14 bits per heavy atom. The minimum Gasteiger partial charge on any atom is -0.486 e. The van der Waals surface area contributed by atoms with Crippen molar-refractivity contribution in [2.24, 2.45) is 5.92 Å². The molecule has 2 aliphatic rings. The lowest BCUT2D eigenvalue weighted by Gasteiger charge is -2.35. The van der Waals surface area contributed by atoms with Crippen LogP contribution in [-0.2, 0) is 11.2 Å². The third kappa shape index (κ3) is 4.85. The van der Waals surface area contributed by atoms with E-state index >= 15 is 0 Å². The van der Waals surface area contributed by atoms with Gasteiger partial charge in [0.1, 0.15) is 13.2 Å². The summed E-state index contributed by atoms with van der Waals surface area (Å²) in [5.41, 5.74) is 1.96. The monoisotopic (exact) mass is 414 g/mol. The minimum absolute atomic E-state index is 0.0508.